The van der Waals surface area contributed by atoms with Crippen LogP contribution in [0.5, 0.6) is 11.6 Å². The molecule has 1 aromatic heterocycles. The van der Waals surface area contributed by atoms with Gasteiger partial charge < -0.3 is 9.84 Å². The number of benzene rings is 1. The Hall–Kier alpha value is -2.59. The van der Waals surface area contributed by atoms with Crippen molar-refractivity contribution in [3.05, 3.63) is 53.2 Å². The molecule has 4 nitrogen and oxygen atoms in total. The largest absolute Gasteiger partial charge is 0.438 e. The van der Waals surface area contributed by atoms with Gasteiger partial charge in [0, 0.05) is 18.9 Å². The summed E-state index contributed by atoms with van der Waals surface area (Å²) in [6.07, 6.45) is -3.40. The molecule has 0 bridgehead atoms. The zero-order chi connectivity index (χ0) is 16.2. The van der Waals surface area contributed by atoms with Crippen LogP contribution >= 0.6 is 0 Å². The molecule has 0 aliphatic carbocycles. The SMILES string of the molecule is N#Cc1cc(CCO)ccc1Oc1ccc(C(F)(F)F)cn1. The molecule has 0 amide bonds. The highest BCUT2D eigenvalue weighted by molar-refractivity contribution is 5.47. The Morgan fingerprint density at radius 2 is 2.00 bits per heavy atom. The number of hydrogen-bond acceptors (Lipinski definition) is 4. The lowest BCUT2D eigenvalue weighted by Gasteiger charge is -2.09. The van der Waals surface area contributed by atoms with E-state index in [1.807, 2.05) is 6.07 Å². The summed E-state index contributed by atoms with van der Waals surface area (Å²) < 4.78 is 42.7. The van der Waals surface area contributed by atoms with E-state index in [0.29, 0.717) is 12.6 Å². The number of rotatable bonds is 4. The van der Waals surface area contributed by atoms with Gasteiger partial charge in [0.05, 0.1) is 11.1 Å². The van der Waals surface area contributed by atoms with E-state index < -0.39 is 11.7 Å². The molecule has 0 saturated heterocycles. The summed E-state index contributed by atoms with van der Waals surface area (Å²) in [5.41, 5.74) is 0.0954. The van der Waals surface area contributed by atoms with Crippen LogP contribution < -0.4 is 4.74 Å². The van der Waals surface area contributed by atoms with Crippen molar-refractivity contribution >= 4 is 0 Å². The van der Waals surface area contributed by atoms with Crippen molar-refractivity contribution < 1.29 is 23.0 Å². The number of aliphatic hydroxyl groups excluding tert-OH is 1. The fraction of sp³-hybridized carbons (Fsp3) is 0.200. The summed E-state index contributed by atoms with van der Waals surface area (Å²) in [7, 11) is 0. The molecule has 0 aliphatic heterocycles. The lowest BCUT2D eigenvalue weighted by molar-refractivity contribution is -0.137. The molecular formula is C15H11F3N2O2. The molecule has 1 heterocycles. The quantitative estimate of drug-likeness (QED) is 0.941. The Balaban J connectivity index is 2.22. The smallest absolute Gasteiger partial charge is 0.417 e. The molecule has 114 valence electrons. The van der Waals surface area contributed by atoms with Gasteiger partial charge in [-0.15, -0.1) is 0 Å². The van der Waals surface area contributed by atoms with Crippen molar-refractivity contribution in [2.24, 2.45) is 0 Å². The first-order chi connectivity index (χ1) is 10.4. The first-order valence-corrected chi connectivity index (χ1v) is 6.29. The molecule has 0 unspecified atom stereocenters. The van der Waals surface area contributed by atoms with Crippen LogP contribution in [-0.2, 0) is 12.6 Å². The van der Waals surface area contributed by atoms with Crippen LogP contribution in [0.25, 0.3) is 0 Å². The fourth-order valence-corrected chi connectivity index (χ4v) is 1.76. The third-order valence-corrected chi connectivity index (χ3v) is 2.84. The molecule has 2 aromatic rings. The van der Waals surface area contributed by atoms with Crippen molar-refractivity contribution in [2.45, 2.75) is 12.6 Å². The maximum atomic E-state index is 12.4. The number of nitrogens with zero attached hydrogens (tertiary/aromatic N) is 2. The van der Waals surface area contributed by atoms with E-state index in [0.717, 1.165) is 17.7 Å². The lowest BCUT2D eigenvalue weighted by Crippen LogP contribution is -2.05. The highest BCUT2D eigenvalue weighted by Crippen LogP contribution is 2.30. The Morgan fingerprint density at radius 1 is 1.23 bits per heavy atom. The van der Waals surface area contributed by atoms with E-state index in [4.69, 9.17) is 15.1 Å². The van der Waals surface area contributed by atoms with Gasteiger partial charge in [-0.05, 0) is 30.2 Å². The summed E-state index contributed by atoms with van der Waals surface area (Å²) in [5.74, 6) is 0.149. The van der Waals surface area contributed by atoms with Crippen molar-refractivity contribution in [1.29, 1.82) is 5.26 Å². The number of hydrogen-bond donors (Lipinski definition) is 1. The Labute approximate surface area is 124 Å². The Kier molecular flexibility index (Phi) is 4.63. The van der Waals surface area contributed by atoms with Gasteiger partial charge in [0.25, 0.3) is 0 Å². The number of nitriles is 1. The van der Waals surface area contributed by atoms with E-state index in [9.17, 15) is 13.2 Å². The second-order valence-electron chi connectivity index (χ2n) is 4.40. The molecule has 0 aliphatic rings. The third kappa shape index (κ3) is 3.74. The summed E-state index contributed by atoms with van der Waals surface area (Å²) in [6, 6.07) is 8.61. The van der Waals surface area contributed by atoms with Gasteiger partial charge in [0.1, 0.15) is 11.8 Å². The lowest BCUT2D eigenvalue weighted by atomic mass is 10.1. The van der Waals surface area contributed by atoms with Gasteiger partial charge in [0.2, 0.25) is 5.88 Å². The zero-order valence-corrected chi connectivity index (χ0v) is 11.3. The number of alkyl halides is 3. The molecule has 0 spiro atoms. The molecule has 1 aromatic carbocycles. The van der Waals surface area contributed by atoms with Gasteiger partial charge in [-0.1, -0.05) is 6.07 Å². The highest BCUT2D eigenvalue weighted by atomic mass is 19.4. The summed E-state index contributed by atoms with van der Waals surface area (Å²) in [6.45, 7) is -0.0501. The Morgan fingerprint density at radius 3 is 2.55 bits per heavy atom. The van der Waals surface area contributed by atoms with Crippen LogP contribution in [0.1, 0.15) is 16.7 Å². The van der Waals surface area contributed by atoms with Crippen molar-refractivity contribution in [3.63, 3.8) is 0 Å². The topological polar surface area (TPSA) is 66.1 Å². The van der Waals surface area contributed by atoms with E-state index in [2.05, 4.69) is 4.98 Å². The zero-order valence-electron chi connectivity index (χ0n) is 11.3. The molecule has 1 N–H and O–H groups in total. The van der Waals surface area contributed by atoms with Crippen LogP contribution in [0.4, 0.5) is 13.2 Å². The summed E-state index contributed by atoms with van der Waals surface area (Å²) in [5, 5.41) is 17.9. The van der Waals surface area contributed by atoms with E-state index in [1.165, 1.54) is 6.07 Å². The van der Waals surface area contributed by atoms with Crippen molar-refractivity contribution in [2.75, 3.05) is 6.61 Å². The highest BCUT2D eigenvalue weighted by Gasteiger charge is 2.30. The van der Waals surface area contributed by atoms with Gasteiger partial charge in [0.15, 0.2) is 0 Å². The van der Waals surface area contributed by atoms with Crippen molar-refractivity contribution in [3.8, 4) is 17.7 Å². The van der Waals surface area contributed by atoms with E-state index in [-0.39, 0.29) is 23.8 Å². The van der Waals surface area contributed by atoms with Crippen LogP contribution in [0.3, 0.4) is 0 Å². The fourth-order valence-electron chi connectivity index (χ4n) is 1.76. The average Bonchev–Trinajstić information content (AvgIpc) is 2.48. The predicted molar refractivity (Wildman–Crippen MR) is 71.3 cm³/mol. The normalized spacial score (nSPS) is 11.0. The van der Waals surface area contributed by atoms with Crippen LogP contribution in [-0.4, -0.2) is 16.7 Å². The molecule has 0 atom stereocenters. The standard InChI is InChI=1S/C15H11F3N2O2/c16-15(17,18)12-2-4-14(20-9-12)22-13-3-1-10(5-6-21)7-11(13)8-19/h1-4,7,9,21H,5-6H2. The molecular weight excluding hydrogens is 297 g/mol. The number of ether oxygens (including phenoxy) is 1. The average molecular weight is 308 g/mol. The number of halogens is 3. The second kappa shape index (κ2) is 6.45. The number of pyridine rings is 1. The van der Waals surface area contributed by atoms with E-state index >= 15 is 0 Å². The molecule has 7 heteroatoms. The third-order valence-electron chi connectivity index (χ3n) is 2.84. The minimum atomic E-state index is -4.46. The molecule has 0 fully saturated rings. The van der Waals surface area contributed by atoms with Crippen LogP contribution in [0.15, 0.2) is 36.5 Å². The Bertz CT molecular complexity index is 691. The summed E-state index contributed by atoms with van der Waals surface area (Å²) >= 11 is 0. The first kappa shape index (κ1) is 15.8. The van der Waals surface area contributed by atoms with Gasteiger partial charge in [-0.2, -0.15) is 18.4 Å². The molecule has 2 rings (SSSR count). The number of aromatic nitrogens is 1. The first-order valence-electron chi connectivity index (χ1n) is 6.29. The predicted octanol–water partition coefficient (Wildman–Crippen LogP) is 3.30. The molecule has 0 radical (unpaired) electrons. The minimum absolute atomic E-state index is 0.0422. The van der Waals surface area contributed by atoms with Gasteiger partial charge >= 0.3 is 6.18 Å². The monoisotopic (exact) mass is 308 g/mol. The van der Waals surface area contributed by atoms with Gasteiger partial charge in [-0.3, -0.25) is 0 Å². The summed E-state index contributed by atoms with van der Waals surface area (Å²) in [4.78, 5) is 3.58. The molecule has 22 heavy (non-hydrogen) atoms. The minimum Gasteiger partial charge on any atom is -0.438 e. The second-order valence-corrected chi connectivity index (χ2v) is 4.40. The van der Waals surface area contributed by atoms with Crippen LogP contribution in [0, 0.1) is 11.3 Å². The van der Waals surface area contributed by atoms with Crippen molar-refractivity contribution in [1.82, 2.24) is 4.98 Å². The van der Waals surface area contributed by atoms with Gasteiger partial charge in [-0.25, -0.2) is 4.98 Å². The number of aliphatic hydroxyl groups is 1. The van der Waals surface area contributed by atoms with Crippen LogP contribution in [0.2, 0.25) is 0 Å². The maximum absolute atomic E-state index is 12.4. The van der Waals surface area contributed by atoms with E-state index in [1.54, 1.807) is 12.1 Å². The molecule has 0 saturated carbocycles. The maximum Gasteiger partial charge on any atom is 0.417 e.